The van der Waals surface area contributed by atoms with E-state index in [0.29, 0.717) is 12.8 Å². The van der Waals surface area contributed by atoms with Gasteiger partial charge in [0.05, 0.1) is 16.5 Å². The number of hydrogen-bond acceptors (Lipinski definition) is 5. The zero-order valence-corrected chi connectivity index (χ0v) is 15.6. The summed E-state index contributed by atoms with van der Waals surface area (Å²) >= 11 is 0. The van der Waals surface area contributed by atoms with Gasteiger partial charge in [-0.25, -0.2) is 13.2 Å². The van der Waals surface area contributed by atoms with Crippen LogP contribution in [-0.4, -0.2) is 60.8 Å². The highest BCUT2D eigenvalue weighted by Crippen LogP contribution is 2.39. The largest absolute Gasteiger partial charge is 0.478 e. The fourth-order valence-electron chi connectivity index (χ4n) is 3.70. The Hall–Kier alpha value is -2.44. The molecule has 1 heterocycles. The van der Waals surface area contributed by atoms with E-state index in [9.17, 15) is 23.3 Å². The summed E-state index contributed by atoms with van der Waals surface area (Å²) in [6, 6.07) is 7.25. The minimum absolute atomic E-state index is 0.0164. The van der Waals surface area contributed by atoms with Crippen LogP contribution >= 0.6 is 0 Å². The Morgan fingerprint density at radius 2 is 1.59 bits per heavy atom. The number of amides is 1. The molecule has 0 aromatic heterocycles. The molecule has 144 valence electrons. The number of carboxylic acid groups (broad SMARTS) is 1. The van der Waals surface area contributed by atoms with Gasteiger partial charge in [0, 0.05) is 26.2 Å². The number of hydrogen-bond donors (Lipinski definition) is 1. The van der Waals surface area contributed by atoms with E-state index in [1.54, 1.807) is 4.90 Å². The van der Waals surface area contributed by atoms with Crippen LogP contribution in [0.25, 0.3) is 0 Å². The van der Waals surface area contributed by atoms with Gasteiger partial charge in [0.25, 0.3) is 0 Å². The lowest BCUT2D eigenvalue weighted by molar-refractivity contribution is -0.140. The van der Waals surface area contributed by atoms with Crippen molar-refractivity contribution in [2.45, 2.75) is 30.6 Å². The molecule has 0 radical (unpaired) electrons. The van der Waals surface area contributed by atoms with Gasteiger partial charge in [0.1, 0.15) is 5.41 Å². The van der Waals surface area contributed by atoms with E-state index >= 15 is 0 Å². The average Bonchev–Trinajstić information content (AvgIpc) is 3.18. The molecule has 27 heavy (non-hydrogen) atoms. The molecule has 9 heteroatoms. The number of aromatic carboxylic acids is 1. The van der Waals surface area contributed by atoms with E-state index in [1.165, 1.54) is 28.6 Å². The second-order valence-corrected chi connectivity index (χ2v) is 8.86. The molecule has 1 amide bonds. The zero-order valence-electron chi connectivity index (χ0n) is 14.8. The minimum Gasteiger partial charge on any atom is -0.478 e. The number of nitriles is 1. The number of carboxylic acids is 1. The summed E-state index contributed by atoms with van der Waals surface area (Å²) in [5.74, 6) is -1.31. The third kappa shape index (κ3) is 3.55. The second-order valence-electron chi connectivity index (χ2n) is 6.93. The van der Waals surface area contributed by atoms with E-state index in [-0.39, 0.29) is 42.5 Å². The monoisotopic (exact) mass is 391 g/mol. The van der Waals surface area contributed by atoms with Crippen LogP contribution < -0.4 is 0 Å². The van der Waals surface area contributed by atoms with E-state index in [4.69, 9.17) is 5.11 Å². The number of nitrogens with zero attached hydrogens (tertiary/aromatic N) is 3. The van der Waals surface area contributed by atoms with Crippen molar-refractivity contribution in [3.05, 3.63) is 29.8 Å². The van der Waals surface area contributed by atoms with Gasteiger partial charge in [-0.3, -0.25) is 4.79 Å². The number of carbonyl (C=O) groups excluding carboxylic acids is 1. The molecule has 3 rings (SSSR count). The standard InChI is InChI=1S/C18H21N3O5S/c19-13-18(7-1-2-8-18)17(24)20-9-11-21(12-10-20)27(25,26)15-5-3-14(4-6-15)16(22)23/h3-6H,1-2,7-12H2,(H,22,23). The van der Waals surface area contributed by atoms with E-state index in [0.717, 1.165) is 12.8 Å². The summed E-state index contributed by atoms with van der Waals surface area (Å²) in [7, 11) is -3.76. The summed E-state index contributed by atoms with van der Waals surface area (Å²) in [4.78, 5) is 25.3. The Morgan fingerprint density at radius 1 is 1.04 bits per heavy atom. The zero-order chi connectivity index (χ0) is 19.7. The molecular formula is C18H21N3O5S. The lowest BCUT2D eigenvalue weighted by Crippen LogP contribution is -2.53. The number of piperazine rings is 1. The van der Waals surface area contributed by atoms with E-state index in [2.05, 4.69) is 6.07 Å². The van der Waals surface area contributed by atoms with Crippen LogP contribution in [0.15, 0.2) is 29.2 Å². The van der Waals surface area contributed by atoms with Gasteiger partial charge in [0.15, 0.2) is 0 Å². The van der Waals surface area contributed by atoms with Crippen molar-refractivity contribution in [1.29, 1.82) is 5.26 Å². The second kappa shape index (κ2) is 7.29. The molecule has 0 bridgehead atoms. The lowest BCUT2D eigenvalue weighted by Gasteiger charge is -2.37. The minimum atomic E-state index is -3.76. The highest BCUT2D eigenvalue weighted by Gasteiger charge is 2.45. The Kier molecular flexibility index (Phi) is 5.22. The van der Waals surface area contributed by atoms with Crippen molar-refractivity contribution in [3.8, 4) is 6.07 Å². The summed E-state index contributed by atoms with van der Waals surface area (Å²) in [5, 5.41) is 18.4. The maximum absolute atomic E-state index is 12.8. The van der Waals surface area contributed by atoms with Crippen molar-refractivity contribution in [2.24, 2.45) is 5.41 Å². The third-order valence-corrected chi connectivity index (χ3v) is 7.26. The molecule has 1 saturated carbocycles. The number of benzene rings is 1. The van der Waals surface area contributed by atoms with Gasteiger partial charge in [-0.1, -0.05) is 12.8 Å². The topological polar surface area (TPSA) is 119 Å². The maximum Gasteiger partial charge on any atom is 0.335 e. The first-order valence-electron chi connectivity index (χ1n) is 8.84. The molecule has 1 aromatic carbocycles. The van der Waals surface area contributed by atoms with Crippen LogP contribution in [0, 0.1) is 16.7 Å². The van der Waals surface area contributed by atoms with E-state index < -0.39 is 21.4 Å². The van der Waals surface area contributed by atoms with E-state index in [1.807, 2.05) is 0 Å². The molecule has 1 aliphatic heterocycles. The molecule has 1 aromatic rings. The molecule has 2 fully saturated rings. The Bertz CT molecular complexity index is 875. The summed E-state index contributed by atoms with van der Waals surface area (Å²) in [6.07, 6.45) is 2.85. The average molecular weight is 391 g/mol. The van der Waals surface area contributed by atoms with Crippen molar-refractivity contribution in [1.82, 2.24) is 9.21 Å². The quantitative estimate of drug-likeness (QED) is 0.826. The Morgan fingerprint density at radius 3 is 2.07 bits per heavy atom. The van der Waals surface area contributed by atoms with Crippen LogP contribution in [0.4, 0.5) is 0 Å². The van der Waals surface area contributed by atoms with Crippen LogP contribution in [0.1, 0.15) is 36.0 Å². The first-order valence-corrected chi connectivity index (χ1v) is 10.3. The fourth-order valence-corrected chi connectivity index (χ4v) is 5.13. The molecular weight excluding hydrogens is 370 g/mol. The molecule has 0 unspecified atom stereocenters. The van der Waals surface area contributed by atoms with Gasteiger partial charge in [-0.15, -0.1) is 0 Å². The number of carbonyl (C=O) groups is 2. The summed E-state index contributed by atoms with van der Waals surface area (Å²) in [6.45, 7) is 0.788. The highest BCUT2D eigenvalue weighted by atomic mass is 32.2. The first kappa shape index (κ1) is 19.3. The predicted molar refractivity (Wildman–Crippen MR) is 95.3 cm³/mol. The molecule has 2 aliphatic rings. The molecule has 8 nitrogen and oxygen atoms in total. The van der Waals surface area contributed by atoms with Gasteiger partial charge in [0.2, 0.25) is 15.9 Å². The van der Waals surface area contributed by atoms with Crippen LogP contribution in [-0.2, 0) is 14.8 Å². The van der Waals surface area contributed by atoms with Crippen molar-refractivity contribution < 1.29 is 23.1 Å². The lowest BCUT2D eigenvalue weighted by atomic mass is 9.86. The van der Waals surface area contributed by atoms with Crippen LogP contribution in [0.3, 0.4) is 0 Å². The first-order chi connectivity index (χ1) is 12.8. The predicted octanol–water partition coefficient (Wildman–Crippen LogP) is 1.30. The Balaban J connectivity index is 1.68. The van der Waals surface area contributed by atoms with Crippen molar-refractivity contribution in [2.75, 3.05) is 26.2 Å². The highest BCUT2D eigenvalue weighted by molar-refractivity contribution is 7.89. The molecule has 1 saturated heterocycles. The SMILES string of the molecule is N#CC1(C(=O)N2CCN(S(=O)(=O)c3ccc(C(=O)O)cc3)CC2)CCCC1. The van der Waals surface area contributed by atoms with Gasteiger partial charge in [-0.2, -0.15) is 9.57 Å². The normalized spacial score (nSPS) is 20.2. The van der Waals surface area contributed by atoms with Gasteiger partial charge < -0.3 is 10.0 Å². The Labute approximate surface area is 158 Å². The van der Waals surface area contributed by atoms with Gasteiger partial charge >= 0.3 is 5.97 Å². The van der Waals surface area contributed by atoms with Gasteiger partial charge in [-0.05, 0) is 37.1 Å². The third-order valence-electron chi connectivity index (χ3n) is 5.35. The molecule has 1 aliphatic carbocycles. The summed E-state index contributed by atoms with van der Waals surface area (Å²) in [5.41, 5.74) is -0.934. The fraction of sp³-hybridized carbons (Fsp3) is 0.500. The van der Waals surface area contributed by atoms with Crippen LogP contribution in [0.5, 0.6) is 0 Å². The van der Waals surface area contributed by atoms with Crippen molar-refractivity contribution >= 4 is 21.9 Å². The molecule has 0 atom stereocenters. The number of rotatable bonds is 4. The molecule has 1 N–H and O–H groups in total. The maximum atomic E-state index is 12.8. The molecule has 0 spiro atoms. The van der Waals surface area contributed by atoms with Crippen LogP contribution in [0.2, 0.25) is 0 Å². The number of sulfonamides is 1. The smallest absolute Gasteiger partial charge is 0.335 e. The summed E-state index contributed by atoms with van der Waals surface area (Å²) < 4.78 is 26.8. The van der Waals surface area contributed by atoms with Crippen molar-refractivity contribution in [3.63, 3.8) is 0 Å².